The third-order valence-corrected chi connectivity index (χ3v) is 24.6. The third-order valence-electron chi connectivity index (χ3n) is 24.6. The van der Waals surface area contributed by atoms with E-state index >= 15 is 0 Å². The molecule has 6 saturated heterocycles. The van der Waals surface area contributed by atoms with Gasteiger partial charge in [0.1, 0.15) is 0 Å². The molecule has 18 aliphatic rings. The molecule has 0 amide bonds. The highest BCUT2D eigenvalue weighted by Gasteiger charge is 2.43. The zero-order valence-electron chi connectivity index (χ0n) is 55.1. The topological polar surface area (TPSA) is 111 Å². The van der Waals surface area contributed by atoms with E-state index in [0.717, 1.165) is 244 Å². The normalized spacial score (nSPS) is 40.8. The van der Waals surface area contributed by atoms with E-state index in [9.17, 15) is 0 Å². The molecule has 12 bridgehead atoms. The zero-order valence-corrected chi connectivity index (χ0v) is 55.1. The number of ether oxygens (including phenoxy) is 12. The number of allylic oxidation sites excluding steroid dienone is 12. The van der Waals surface area contributed by atoms with Crippen molar-refractivity contribution in [2.45, 2.75) is 224 Å². The maximum atomic E-state index is 5.77. The van der Waals surface area contributed by atoms with Gasteiger partial charge in [0.25, 0.3) is 0 Å². The summed E-state index contributed by atoms with van der Waals surface area (Å²) in [4.78, 5) is 0. The number of rotatable bonds is 18. The fraction of sp³-hybridized carbons (Fsp3) is 0.844. The van der Waals surface area contributed by atoms with Crippen LogP contribution in [0.15, 0.2) is 72.9 Å². The van der Waals surface area contributed by atoms with Gasteiger partial charge >= 0.3 is 0 Å². The summed E-state index contributed by atoms with van der Waals surface area (Å²) in [6, 6.07) is 0. The van der Waals surface area contributed by atoms with Crippen LogP contribution < -0.4 is 0 Å². The van der Waals surface area contributed by atoms with Crippen LogP contribution in [0, 0.1) is 107 Å². The first-order chi connectivity index (χ1) is 43.7. The Morgan fingerprint density at radius 2 is 0.528 bits per heavy atom. The lowest BCUT2D eigenvalue weighted by molar-refractivity contribution is -0.260. The van der Waals surface area contributed by atoms with Crippen molar-refractivity contribution in [3.63, 3.8) is 0 Å². The second kappa shape index (κ2) is 32.1. The minimum absolute atomic E-state index is 0.0986. The monoisotopic (exact) mass is 1230 g/mol. The van der Waals surface area contributed by atoms with Gasteiger partial charge in [0.15, 0.2) is 36.7 Å². The first-order valence-electron chi connectivity index (χ1n) is 37.3. The van der Waals surface area contributed by atoms with Crippen molar-refractivity contribution >= 4 is 0 Å². The minimum Gasteiger partial charge on any atom is -0.353 e. The van der Waals surface area contributed by atoms with Gasteiger partial charge in [0.05, 0.1) is 79.3 Å². The SMILES string of the molecule is C1=CC2CC1CC2CC1OCCCO1.C1=CC2CC1CC2CC1OCCO1.C1=CC2CC1CC2CCCC1OCCCO1.C1=CC2CC1CC2CCCC1OCCO1.CC1(CCC2CC3C=CC2C3)OCCCO1.CC1(CCC2CC3C=CC2C3)OCCO1. The van der Waals surface area contributed by atoms with Gasteiger partial charge in [-0.05, 0) is 268 Å². The molecule has 0 radical (unpaired) electrons. The fourth-order valence-corrected chi connectivity index (χ4v) is 19.7. The van der Waals surface area contributed by atoms with Crippen molar-refractivity contribution in [1.29, 1.82) is 0 Å². The van der Waals surface area contributed by atoms with Gasteiger partial charge < -0.3 is 56.8 Å². The van der Waals surface area contributed by atoms with E-state index in [1.807, 2.05) is 0 Å². The van der Waals surface area contributed by atoms with Crippen molar-refractivity contribution in [3.05, 3.63) is 72.9 Å². The van der Waals surface area contributed by atoms with Crippen LogP contribution in [-0.2, 0) is 56.8 Å². The maximum absolute atomic E-state index is 5.77. The Bertz CT molecular complexity index is 2310. The second-order valence-electron chi connectivity index (χ2n) is 31.1. The first-order valence-corrected chi connectivity index (χ1v) is 37.3. The average molecular weight is 1240 g/mol. The molecule has 6 aliphatic heterocycles. The number of fused-ring (bicyclic) bond motifs is 12. The van der Waals surface area contributed by atoms with E-state index in [4.69, 9.17) is 56.8 Å². The number of hydrogen-bond donors (Lipinski definition) is 0. The predicted molar refractivity (Wildman–Crippen MR) is 346 cm³/mol. The Balaban J connectivity index is 0.0000000984. The second-order valence-corrected chi connectivity index (χ2v) is 31.1. The van der Waals surface area contributed by atoms with Gasteiger partial charge in [-0.15, -0.1) is 0 Å². The van der Waals surface area contributed by atoms with Crippen LogP contribution in [-0.4, -0.2) is 116 Å². The van der Waals surface area contributed by atoms with Gasteiger partial charge in [-0.3, -0.25) is 0 Å². The molecule has 89 heavy (non-hydrogen) atoms. The molecule has 0 aromatic carbocycles. The van der Waals surface area contributed by atoms with Crippen molar-refractivity contribution in [1.82, 2.24) is 0 Å². The Hall–Kier alpha value is -2.04. The van der Waals surface area contributed by atoms with Gasteiger partial charge in [-0.1, -0.05) is 72.9 Å². The molecular weight excluding hydrogens is 1120 g/mol. The largest absolute Gasteiger partial charge is 0.353 e. The summed E-state index contributed by atoms with van der Waals surface area (Å²) >= 11 is 0. The molecule has 6 saturated carbocycles. The molecule has 12 nitrogen and oxygen atoms in total. The van der Waals surface area contributed by atoms with Crippen LogP contribution in [0.2, 0.25) is 0 Å². The smallest absolute Gasteiger partial charge is 0.165 e. The number of hydrogen-bond acceptors (Lipinski definition) is 12. The standard InChI is InChI=1S/2C14H22O2.2C13H20O2.C12H18O2.C11H16O2/c1-14(15-7-2-8-16-14)6-5-13-10-11-3-4-12(13)9-11;1(4-14-15-7-2-8-16-14)3-12-9-11-5-6-13(12)10-11;1-13(14-6-7-15-13)5-4-12-9-10-2-3-11(12)8-10;1(3-13-14-6-7-15-13)2-11-8-10-4-5-12(11)9-10;1-4-13-12(14-5-1)8-11-7-9-2-3-10(11)6-9;1-2-9-5-8(1)6-10(9)7-11-12-3-4-13-11/h3-4,11-13H,2,5-10H2,1H3;5-6,11-14H,1-4,7-10H2;2-3,10-12H,4-9H2,1H3;4-5,10-13H,1-3,6-9H2;2-3,9-12H,1,4-8H2;1-2,8-11H,3-7H2. The van der Waals surface area contributed by atoms with Crippen LogP contribution >= 0.6 is 0 Å². The summed E-state index contributed by atoms with van der Waals surface area (Å²) in [6.45, 7) is 14.2. The van der Waals surface area contributed by atoms with Gasteiger partial charge in [0, 0.05) is 25.7 Å². The van der Waals surface area contributed by atoms with E-state index in [1.54, 1.807) is 0 Å². The van der Waals surface area contributed by atoms with Crippen LogP contribution in [0.1, 0.15) is 187 Å². The molecule has 0 aromatic rings. The van der Waals surface area contributed by atoms with E-state index < -0.39 is 0 Å². The molecule has 18 rings (SSSR count). The summed E-state index contributed by atoms with van der Waals surface area (Å²) in [5.41, 5.74) is 0. The van der Waals surface area contributed by atoms with E-state index in [2.05, 4.69) is 86.8 Å². The molecule has 0 aromatic heterocycles. The molecule has 498 valence electrons. The van der Waals surface area contributed by atoms with E-state index in [-0.39, 0.29) is 36.7 Å². The molecule has 0 spiro atoms. The molecule has 18 atom stereocenters. The minimum atomic E-state index is -0.288. The van der Waals surface area contributed by atoms with Gasteiger partial charge in [0.2, 0.25) is 0 Å². The molecule has 12 heteroatoms. The fourth-order valence-electron chi connectivity index (χ4n) is 19.7. The molecule has 18 unspecified atom stereocenters. The highest BCUT2D eigenvalue weighted by atomic mass is 16.7. The molecule has 12 aliphatic carbocycles. The summed E-state index contributed by atoms with van der Waals surface area (Å²) in [5.74, 6) is 15.3. The summed E-state index contributed by atoms with van der Waals surface area (Å²) in [7, 11) is 0. The first kappa shape index (κ1) is 65.6. The molecule has 0 N–H and O–H groups in total. The van der Waals surface area contributed by atoms with E-state index in [1.165, 1.54) is 116 Å². The van der Waals surface area contributed by atoms with Crippen molar-refractivity contribution in [2.75, 3.05) is 79.3 Å². The lowest BCUT2D eigenvalue weighted by atomic mass is 9.88. The van der Waals surface area contributed by atoms with Crippen molar-refractivity contribution < 1.29 is 56.8 Å². The van der Waals surface area contributed by atoms with Gasteiger partial charge in [-0.25, -0.2) is 0 Å². The Labute approximate surface area is 537 Å². The summed E-state index contributed by atoms with van der Waals surface area (Å²) < 4.78 is 67.0. The lowest BCUT2D eigenvalue weighted by Gasteiger charge is -2.35. The summed E-state index contributed by atoms with van der Waals surface area (Å²) in [5, 5.41) is 0. The van der Waals surface area contributed by atoms with Gasteiger partial charge in [-0.2, -0.15) is 0 Å². The Morgan fingerprint density at radius 1 is 0.258 bits per heavy atom. The highest BCUT2D eigenvalue weighted by molar-refractivity contribution is 5.14. The highest BCUT2D eigenvalue weighted by Crippen LogP contribution is 2.51. The molecule has 6 heterocycles. The lowest BCUT2D eigenvalue weighted by Crippen LogP contribution is -2.38. The molecule has 12 fully saturated rings. The Morgan fingerprint density at radius 3 is 0.843 bits per heavy atom. The quantitative estimate of drug-likeness (QED) is 0.122. The van der Waals surface area contributed by atoms with Crippen molar-refractivity contribution in [2.24, 2.45) is 107 Å². The van der Waals surface area contributed by atoms with Crippen LogP contribution in [0.25, 0.3) is 0 Å². The third kappa shape index (κ3) is 18.5. The predicted octanol–water partition coefficient (Wildman–Crippen LogP) is 16.1. The van der Waals surface area contributed by atoms with E-state index in [0.29, 0.717) is 0 Å². The van der Waals surface area contributed by atoms with Crippen LogP contribution in [0.4, 0.5) is 0 Å². The zero-order chi connectivity index (χ0) is 60.2. The maximum Gasteiger partial charge on any atom is 0.165 e. The summed E-state index contributed by atoms with van der Waals surface area (Å²) in [6.07, 6.45) is 63.8. The van der Waals surface area contributed by atoms with Crippen LogP contribution in [0.3, 0.4) is 0 Å². The van der Waals surface area contributed by atoms with Crippen molar-refractivity contribution in [3.8, 4) is 0 Å². The molecular formula is C77H118O12. The average Bonchev–Trinajstić information content (AvgIpc) is 3.31. The Kier molecular flexibility index (Phi) is 23.7. The van der Waals surface area contributed by atoms with Crippen LogP contribution in [0.5, 0.6) is 0 Å².